The van der Waals surface area contributed by atoms with Crippen LogP contribution < -0.4 is 5.73 Å². The molecule has 0 saturated carbocycles. The maximum absolute atomic E-state index is 10.6. The molecule has 0 bridgehead atoms. The van der Waals surface area contributed by atoms with Gasteiger partial charge in [0.1, 0.15) is 6.17 Å². The molecule has 2 N–H and O–H groups in total. The van der Waals surface area contributed by atoms with E-state index in [1.54, 1.807) is 0 Å². The molecule has 0 aromatic heterocycles. The summed E-state index contributed by atoms with van der Waals surface area (Å²) in [6, 6.07) is 0. The maximum atomic E-state index is 10.6. The van der Waals surface area contributed by atoms with Gasteiger partial charge >= 0.3 is 0 Å². The fraction of sp³-hybridized carbons (Fsp3) is 0. The van der Waals surface area contributed by atoms with Crippen LogP contribution in [0.4, 0.5) is 4.39 Å². The Kier molecular flexibility index (Phi) is 1.83. The number of hydrogen-bond donors (Lipinski definition) is 1. The SMILES string of the molecule is NC(=O)C#CF. The fourth-order valence-corrected chi connectivity index (χ4v) is 0.0466. The van der Waals surface area contributed by atoms with Gasteiger partial charge in [0.25, 0.3) is 5.91 Å². The molecule has 0 fully saturated rings. The van der Waals surface area contributed by atoms with Gasteiger partial charge in [-0.15, -0.1) is 4.39 Å². The minimum atomic E-state index is -0.947. The summed E-state index contributed by atoms with van der Waals surface area (Å²) < 4.78 is 10.6. The third-order valence-electron chi connectivity index (χ3n) is 0.170. The van der Waals surface area contributed by atoms with Crippen LogP contribution >= 0.6 is 0 Å². The lowest BCUT2D eigenvalue weighted by Crippen LogP contribution is -2.05. The first-order valence-corrected chi connectivity index (χ1v) is 1.18. The van der Waals surface area contributed by atoms with Crippen LogP contribution in [0.2, 0.25) is 0 Å². The molecule has 0 rings (SSSR count). The standard InChI is InChI=1S/C3H2FNO/c4-2-1-3(5)6/h(H2,5,6). The van der Waals surface area contributed by atoms with Crippen LogP contribution in [0.1, 0.15) is 0 Å². The molecule has 6 heavy (non-hydrogen) atoms. The van der Waals surface area contributed by atoms with Gasteiger partial charge < -0.3 is 5.73 Å². The highest BCUT2D eigenvalue weighted by Crippen LogP contribution is 1.51. The van der Waals surface area contributed by atoms with Crippen molar-refractivity contribution >= 4 is 5.91 Å². The van der Waals surface area contributed by atoms with E-state index < -0.39 is 5.91 Å². The molecule has 0 aromatic carbocycles. The van der Waals surface area contributed by atoms with Crippen molar-refractivity contribution in [2.45, 2.75) is 0 Å². The van der Waals surface area contributed by atoms with Crippen molar-refractivity contribution in [2.24, 2.45) is 5.73 Å². The topological polar surface area (TPSA) is 43.1 Å². The van der Waals surface area contributed by atoms with Gasteiger partial charge in [-0.3, -0.25) is 4.79 Å². The molecular weight excluding hydrogens is 85.0 g/mol. The molecule has 32 valence electrons. The lowest BCUT2D eigenvalue weighted by Gasteiger charge is -1.62. The van der Waals surface area contributed by atoms with E-state index in [4.69, 9.17) is 0 Å². The molecule has 0 radical (unpaired) electrons. The van der Waals surface area contributed by atoms with Crippen molar-refractivity contribution in [3.8, 4) is 12.1 Å². The third-order valence-corrected chi connectivity index (χ3v) is 0.170. The number of halogens is 1. The summed E-state index contributed by atoms with van der Waals surface area (Å²) in [6.45, 7) is 0. The number of carbonyl (C=O) groups excluding carboxylic acids is 1. The average Bonchev–Trinajstić information content (AvgIpc) is 1.35. The Hall–Kier alpha value is -1.04. The normalized spacial score (nSPS) is 5.50. The molecular formula is C3H2FNO. The van der Waals surface area contributed by atoms with Crippen LogP contribution in [0.15, 0.2) is 0 Å². The lowest BCUT2D eigenvalue weighted by atomic mass is 10.7. The predicted octanol–water partition coefficient (Wildman–Crippen LogP) is -0.598. The first-order chi connectivity index (χ1) is 2.77. The van der Waals surface area contributed by atoms with Crippen molar-refractivity contribution in [1.29, 1.82) is 0 Å². The summed E-state index contributed by atoms with van der Waals surface area (Å²) in [5.74, 6) is 0.484. The highest BCUT2D eigenvalue weighted by atomic mass is 19.1. The zero-order chi connectivity index (χ0) is 4.99. The highest BCUT2D eigenvalue weighted by Gasteiger charge is 1.74. The lowest BCUT2D eigenvalue weighted by molar-refractivity contribution is -0.112. The summed E-state index contributed by atoms with van der Waals surface area (Å²) >= 11 is 0. The maximum Gasteiger partial charge on any atom is 0.295 e. The van der Waals surface area contributed by atoms with Crippen LogP contribution in [0, 0.1) is 12.1 Å². The molecule has 0 atom stereocenters. The number of carbonyl (C=O) groups is 1. The monoisotopic (exact) mass is 87.0 g/mol. The van der Waals surface area contributed by atoms with Crippen molar-refractivity contribution in [3.05, 3.63) is 0 Å². The summed E-state index contributed by atoms with van der Waals surface area (Å²) in [5, 5.41) is 0. The molecule has 0 unspecified atom stereocenters. The third kappa shape index (κ3) is 2.96. The Morgan fingerprint density at radius 3 is 2.33 bits per heavy atom. The first kappa shape index (κ1) is 4.96. The summed E-state index contributed by atoms with van der Waals surface area (Å²) in [4.78, 5) is 9.41. The van der Waals surface area contributed by atoms with Crippen LogP contribution in [0.25, 0.3) is 0 Å². The largest absolute Gasteiger partial charge is 0.359 e. The Morgan fingerprint density at radius 2 is 2.33 bits per heavy atom. The Morgan fingerprint density at radius 1 is 1.83 bits per heavy atom. The van der Waals surface area contributed by atoms with E-state index in [1.165, 1.54) is 5.92 Å². The number of primary amides is 1. The van der Waals surface area contributed by atoms with Crippen LogP contribution in [0.5, 0.6) is 0 Å². The molecule has 0 aliphatic heterocycles. The molecule has 0 aliphatic carbocycles. The van der Waals surface area contributed by atoms with E-state index in [1.807, 2.05) is 0 Å². The van der Waals surface area contributed by atoms with Gasteiger partial charge in [0.05, 0.1) is 0 Å². The van der Waals surface area contributed by atoms with E-state index in [9.17, 15) is 9.18 Å². The van der Waals surface area contributed by atoms with Crippen LogP contribution in [-0.2, 0) is 4.79 Å². The second-order valence-electron chi connectivity index (χ2n) is 0.584. The van der Waals surface area contributed by atoms with Gasteiger partial charge in [-0.1, -0.05) is 0 Å². The number of nitrogens with two attached hydrogens (primary N) is 1. The summed E-state index contributed by atoms with van der Waals surface area (Å²) in [5.41, 5.74) is 4.35. The van der Waals surface area contributed by atoms with Gasteiger partial charge in [-0.2, -0.15) is 0 Å². The highest BCUT2D eigenvalue weighted by molar-refractivity contribution is 5.91. The van der Waals surface area contributed by atoms with Gasteiger partial charge in [0.2, 0.25) is 0 Å². The van der Waals surface area contributed by atoms with Crippen molar-refractivity contribution < 1.29 is 9.18 Å². The number of amides is 1. The van der Waals surface area contributed by atoms with Crippen LogP contribution in [-0.4, -0.2) is 5.91 Å². The Bertz CT molecular complexity index is 110. The van der Waals surface area contributed by atoms with E-state index in [2.05, 4.69) is 5.73 Å². The van der Waals surface area contributed by atoms with E-state index in [0.29, 0.717) is 0 Å². The first-order valence-electron chi connectivity index (χ1n) is 1.18. The zero-order valence-corrected chi connectivity index (χ0v) is 2.86. The smallest absolute Gasteiger partial charge is 0.295 e. The van der Waals surface area contributed by atoms with Gasteiger partial charge in [-0.25, -0.2) is 0 Å². The van der Waals surface area contributed by atoms with E-state index in [0.717, 1.165) is 6.17 Å². The molecule has 1 amide bonds. The summed E-state index contributed by atoms with van der Waals surface area (Å²) in [6.07, 6.45) is 0.843. The van der Waals surface area contributed by atoms with Gasteiger partial charge in [0, 0.05) is 5.92 Å². The van der Waals surface area contributed by atoms with Crippen molar-refractivity contribution in [1.82, 2.24) is 0 Å². The van der Waals surface area contributed by atoms with Crippen LogP contribution in [0.3, 0.4) is 0 Å². The van der Waals surface area contributed by atoms with Gasteiger partial charge in [0.15, 0.2) is 0 Å². The minimum absolute atomic E-state index is 0.843. The van der Waals surface area contributed by atoms with Crippen molar-refractivity contribution in [2.75, 3.05) is 0 Å². The Balaban J connectivity index is 3.50. The molecule has 2 nitrogen and oxygen atoms in total. The number of hydrogen-bond acceptors (Lipinski definition) is 1. The zero-order valence-electron chi connectivity index (χ0n) is 2.86. The molecule has 3 heteroatoms. The molecule has 0 heterocycles. The Labute approximate surface area is 34.1 Å². The molecule has 0 aliphatic rings. The van der Waals surface area contributed by atoms with Crippen molar-refractivity contribution in [3.63, 3.8) is 0 Å². The molecule has 0 aromatic rings. The molecule has 0 saturated heterocycles. The van der Waals surface area contributed by atoms with E-state index >= 15 is 0 Å². The second kappa shape index (κ2) is 2.21. The minimum Gasteiger partial charge on any atom is -0.359 e. The predicted molar refractivity (Wildman–Crippen MR) is 18.1 cm³/mol. The van der Waals surface area contributed by atoms with E-state index in [-0.39, 0.29) is 0 Å². The fourth-order valence-electron chi connectivity index (χ4n) is 0.0466. The number of rotatable bonds is 0. The summed E-state index contributed by atoms with van der Waals surface area (Å²) in [7, 11) is 0. The second-order valence-corrected chi connectivity index (χ2v) is 0.584. The quantitative estimate of drug-likeness (QED) is 0.394. The average molecular weight is 87.1 g/mol. The molecule has 0 spiro atoms. The van der Waals surface area contributed by atoms with Gasteiger partial charge in [-0.05, 0) is 0 Å².